The number of carboxylic acid groups (broad SMARTS) is 3. The third-order valence-electron chi connectivity index (χ3n) is 14.2. The number of rotatable bonds is 35. The Morgan fingerprint density at radius 1 is 0.732 bits per heavy atom. The summed E-state index contributed by atoms with van der Waals surface area (Å²) in [7, 11) is 1.89. The smallest absolute Gasteiger partial charge is 0.303 e. The molecule has 0 radical (unpaired) electrons. The number of nitrogens with one attached hydrogen (secondary N) is 3. The highest BCUT2D eigenvalue weighted by molar-refractivity contribution is 7.80. The molecule has 0 aliphatic carbocycles. The predicted octanol–water partition coefficient (Wildman–Crippen LogP) is 2.36. The zero-order valence-corrected chi connectivity index (χ0v) is 47.5. The number of benzene rings is 1. The van der Waals surface area contributed by atoms with E-state index in [1.54, 1.807) is 23.1 Å². The molecule has 3 heterocycles. The van der Waals surface area contributed by atoms with E-state index in [0.29, 0.717) is 62.2 Å². The number of ketones is 4. The van der Waals surface area contributed by atoms with Crippen LogP contribution in [0, 0.1) is 23.2 Å². The number of likely N-dealkylation sites (tertiary alicyclic amines) is 1. The number of amides is 5. The standard InChI is InChI=1S/C54H71F2N9O15S2/c1-32(66)59-41(7-14-50(75)76)45(69)24-33(29-81)53(80)61-42(8-15-51(77)78)46(70)25-34(30-82)52(79)60-40(6-13-49(73)74)44(68)10-11-47(71)64-22-20-63(21-23-64)19-3-18-62(2)35-4-5-39-38(26-35)37(16-17-58-39)43(67)9-12-48(72)65-31-54(55,56)27-36(65)28-57/h4-5,16-17,26,33-34,36,40-42,81-82H,3,6-15,18-25,27,29-31H2,1-2H3,(H,59,66)(H,60,79)(H,61,80)(H,73,74)(H,75,76)(H,77,78)/t33-,34-,36-,40-,41-,42-/m0/s1. The molecule has 24 nitrogen and oxygen atoms in total. The number of hydrogen-bond acceptors (Lipinski definition) is 18. The maximum absolute atomic E-state index is 13.9. The fourth-order valence-corrected chi connectivity index (χ4v) is 10.2. The first-order valence-corrected chi connectivity index (χ1v) is 28.1. The minimum Gasteiger partial charge on any atom is -0.481 e. The van der Waals surface area contributed by atoms with Gasteiger partial charge in [-0.25, -0.2) is 8.78 Å². The minimum atomic E-state index is -3.17. The van der Waals surface area contributed by atoms with Gasteiger partial charge in [-0.1, -0.05) is 0 Å². The van der Waals surface area contributed by atoms with Crippen LogP contribution in [0.3, 0.4) is 0 Å². The van der Waals surface area contributed by atoms with E-state index in [9.17, 15) is 81.8 Å². The first-order valence-electron chi connectivity index (χ1n) is 26.8. The van der Waals surface area contributed by atoms with Crippen LogP contribution in [-0.2, 0) is 52.7 Å². The number of hydrogen-bond donors (Lipinski definition) is 8. The maximum Gasteiger partial charge on any atom is 0.303 e. The van der Waals surface area contributed by atoms with Crippen LogP contribution in [0.5, 0.6) is 0 Å². The van der Waals surface area contributed by atoms with Crippen molar-refractivity contribution in [2.45, 2.75) is 127 Å². The molecule has 1 aromatic heterocycles. The SMILES string of the molecule is CC(=O)N[C@@H](CCC(=O)O)C(=O)C[C@@H](CS)C(=O)N[C@@H](CCC(=O)O)C(=O)C[C@@H](CS)C(=O)N[C@@H](CCC(=O)O)C(=O)CCC(=O)N1CCN(CCCN(C)c2ccc3nccc(C(=O)CCC(=O)N4CC(F)(F)C[C@H]4C#N)c3c2)CC1. The number of nitrogens with zero attached hydrogens (tertiary/aromatic N) is 6. The molecule has 6 N–H and O–H groups in total. The second-order valence-corrected chi connectivity index (χ2v) is 21.2. The van der Waals surface area contributed by atoms with E-state index >= 15 is 0 Å². The zero-order chi connectivity index (χ0) is 60.8. The van der Waals surface area contributed by atoms with Gasteiger partial charge in [0, 0.05) is 145 Å². The summed E-state index contributed by atoms with van der Waals surface area (Å²) in [6.07, 6.45) is -3.52. The van der Waals surface area contributed by atoms with Gasteiger partial charge in [0.25, 0.3) is 5.92 Å². The second-order valence-electron chi connectivity index (χ2n) is 20.4. The third kappa shape index (κ3) is 21.3. The molecule has 6 atom stereocenters. The number of alkyl halides is 2. The van der Waals surface area contributed by atoms with Crippen LogP contribution in [0.4, 0.5) is 14.5 Å². The Bertz CT molecular complexity index is 2740. The van der Waals surface area contributed by atoms with Gasteiger partial charge in [-0.15, -0.1) is 0 Å². The van der Waals surface area contributed by atoms with Gasteiger partial charge in [-0.3, -0.25) is 67.4 Å². The molecule has 2 aliphatic rings. The van der Waals surface area contributed by atoms with E-state index in [0.717, 1.165) is 17.5 Å². The molecule has 5 amide bonds. The number of carbonyl (C=O) groups is 12. The van der Waals surface area contributed by atoms with Crippen LogP contribution in [0.1, 0.15) is 107 Å². The molecule has 28 heteroatoms. The van der Waals surface area contributed by atoms with E-state index in [2.05, 4.69) is 51.1 Å². The van der Waals surface area contributed by atoms with Crippen LogP contribution in [0.25, 0.3) is 10.9 Å². The van der Waals surface area contributed by atoms with Gasteiger partial charge in [0.1, 0.15) is 6.04 Å². The van der Waals surface area contributed by atoms with Crippen molar-refractivity contribution < 1.29 is 81.6 Å². The molecule has 0 spiro atoms. The Labute approximate surface area is 483 Å². The monoisotopic (exact) mass is 1190 g/mol. The first-order chi connectivity index (χ1) is 38.7. The van der Waals surface area contributed by atoms with Gasteiger partial charge in [0.05, 0.1) is 48.1 Å². The molecule has 2 fully saturated rings. The van der Waals surface area contributed by atoms with Crippen LogP contribution in [-0.4, -0.2) is 200 Å². The third-order valence-corrected chi connectivity index (χ3v) is 15.1. The number of carboxylic acids is 3. The number of carbonyl (C=O) groups excluding carboxylic acids is 9. The Hall–Kier alpha value is -7.12. The Morgan fingerprint density at radius 3 is 1.77 bits per heavy atom. The lowest BCUT2D eigenvalue weighted by molar-refractivity contribution is -0.139. The highest BCUT2D eigenvalue weighted by Crippen LogP contribution is 2.33. The van der Waals surface area contributed by atoms with Crippen LogP contribution < -0.4 is 20.9 Å². The van der Waals surface area contributed by atoms with Gasteiger partial charge in [0.2, 0.25) is 29.5 Å². The fourth-order valence-electron chi connectivity index (χ4n) is 9.57. The molecular weight excluding hydrogens is 1120 g/mol. The molecule has 448 valence electrons. The molecule has 0 bridgehead atoms. The number of thiol groups is 2. The zero-order valence-electron chi connectivity index (χ0n) is 45.7. The summed E-state index contributed by atoms with van der Waals surface area (Å²) in [5, 5.41) is 45.0. The van der Waals surface area contributed by atoms with Crippen molar-refractivity contribution in [3.63, 3.8) is 0 Å². The second kappa shape index (κ2) is 32.5. The number of aromatic nitrogens is 1. The lowest BCUT2D eigenvalue weighted by atomic mass is 9.93. The largest absolute Gasteiger partial charge is 0.481 e. The van der Waals surface area contributed by atoms with Gasteiger partial charge < -0.3 is 46.0 Å². The molecule has 4 rings (SSSR count). The van der Waals surface area contributed by atoms with Crippen molar-refractivity contribution >= 4 is 112 Å². The highest BCUT2D eigenvalue weighted by atomic mass is 32.1. The summed E-state index contributed by atoms with van der Waals surface area (Å²) in [5.74, 6) is -15.9. The molecule has 82 heavy (non-hydrogen) atoms. The predicted molar refractivity (Wildman–Crippen MR) is 297 cm³/mol. The lowest BCUT2D eigenvalue weighted by Gasteiger charge is -2.35. The first kappa shape index (κ1) is 67.4. The quantitative estimate of drug-likeness (QED) is 0.0363. The number of pyridine rings is 1. The molecule has 2 saturated heterocycles. The molecular formula is C54H71F2N9O15S2. The van der Waals surface area contributed by atoms with Crippen LogP contribution in [0.15, 0.2) is 30.5 Å². The van der Waals surface area contributed by atoms with Crippen molar-refractivity contribution in [2.75, 3.05) is 69.3 Å². The Kier molecular flexibility index (Phi) is 26.7. The number of anilines is 1. The van der Waals surface area contributed by atoms with Crippen molar-refractivity contribution in [1.82, 2.24) is 35.6 Å². The van der Waals surface area contributed by atoms with E-state index in [-0.39, 0.29) is 61.7 Å². The molecule has 0 saturated carbocycles. The van der Waals surface area contributed by atoms with Crippen molar-refractivity contribution in [1.29, 1.82) is 5.26 Å². The normalized spacial score (nSPS) is 16.8. The summed E-state index contributed by atoms with van der Waals surface area (Å²) >= 11 is 8.36. The van der Waals surface area contributed by atoms with Gasteiger partial charge in [0.15, 0.2) is 23.1 Å². The lowest BCUT2D eigenvalue weighted by Crippen LogP contribution is -2.49. The Morgan fingerprint density at radius 2 is 1.26 bits per heavy atom. The summed E-state index contributed by atoms with van der Waals surface area (Å²) < 4.78 is 27.9. The van der Waals surface area contributed by atoms with Crippen LogP contribution in [0.2, 0.25) is 0 Å². The number of fused-ring (bicyclic) bond motifs is 1. The van der Waals surface area contributed by atoms with Crippen molar-refractivity contribution in [3.05, 3.63) is 36.0 Å². The van der Waals surface area contributed by atoms with Gasteiger partial charge in [-0.2, -0.15) is 30.5 Å². The van der Waals surface area contributed by atoms with Gasteiger partial charge >= 0.3 is 17.9 Å². The van der Waals surface area contributed by atoms with Crippen molar-refractivity contribution in [3.8, 4) is 6.07 Å². The topological polar surface area (TPSA) is 351 Å². The molecule has 2 aliphatic heterocycles. The van der Waals surface area contributed by atoms with E-state index in [1.807, 2.05) is 24.1 Å². The van der Waals surface area contributed by atoms with E-state index in [1.165, 1.54) is 6.20 Å². The Balaban J connectivity index is 1.27. The average molecular weight is 1190 g/mol. The molecule has 1 aromatic carbocycles. The van der Waals surface area contributed by atoms with E-state index < -0.39 is 152 Å². The van der Waals surface area contributed by atoms with E-state index in [4.69, 9.17) is 5.11 Å². The average Bonchev–Trinajstić information content (AvgIpc) is 3.98. The van der Waals surface area contributed by atoms with Crippen LogP contribution >= 0.6 is 25.3 Å². The van der Waals surface area contributed by atoms with Crippen molar-refractivity contribution in [2.24, 2.45) is 11.8 Å². The summed E-state index contributed by atoms with van der Waals surface area (Å²) in [6, 6.07) is 3.36. The number of Topliss-reactive ketones (excluding diaryl/α,β-unsaturated/α-hetero) is 4. The number of aliphatic carboxylic acids is 3. The van der Waals surface area contributed by atoms with Gasteiger partial charge in [-0.05, 0) is 56.5 Å². The minimum absolute atomic E-state index is 0.243. The fraction of sp³-hybridized carbons (Fsp3) is 0.593. The summed E-state index contributed by atoms with van der Waals surface area (Å²) in [5.41, 5.74) is 1.65. The maximum atomic E-state index is 13.9. The number of piperazine rings is 1. The molecule has 2 aromatic rings. The highest BCUT2D eigenvalue weighted by Gasteiger charge is 2.47. The number of halogens is 2. The number of nitriles is 1. The molecule has 0 unspecified atom stereocenters. The summed E-state index contributed by atoms with van der Waals surface area (Å²) in [4.78, 5) is 164. The summed E-state index contributed by atoms with van der Waals surface area (Å²) in [6.45, 7) is 3.32.